The molecule has 1 N–H and O–H groups in total. The highest BCUT2D eigenvalue weighted by atomic mass is 32.1. The molecule has 1 aliphatic rings. The van der Waals surface area contributed by atoms with Crippen LogP contribution in [-0.4, -0.2) is 29.5 Å². The van der Waals surface area contributed by atoms with E-state index in [1.165, 1.54) is 9.78 Å². The van der Waals surface area contributed by atoms with Crippen LogP contribution < -0.4 is 5.32 Å². The van der Waals surface area contributed by atoms with Gasteiger partial charge in [-0.05, 0) is 47.5 Å². The van der Waals surface area contributed by atoms with Crippen molar-refractivity contribution in [2.75, 3.05) is 11.9 Å². The van der Waals surface area contributed by atoms with Gasteiger partial charge in [0, 0.05) is 17.1 Å². The number of benzene rings is 2. The summed E-state index contributed by atoms with van der Waals surface area (Å²) in [5.74, 6) is -0.178. The summed E-state index contributed by atoms with van der Waals surface area (Å²) in [6.45, 7) is 0.734. The first-order chi connectivity index (χ1) is 14.2. The summed E-state index contributed by atoms with van der Waals surface area (Å²) in [6, 6.07) is 20.9. The second-order valence-corrected chi connectivity index (χ2v) is 7.88. The van der Waals surface area contributed by atoms with Gasteiger partial charge in [0.05, 0.1) is 0 Å². The zero-order chi connectivity index (χ0) is 20.1. The minimum atomic E-state index is -0.504. The molecule has 3 aromatic rings. The average Bonchev–Trinajstić information content (AvgIpc) is 3.45. The predicted octanol–water partition coefficient (Wildman–Crippen LogP) is 5.15. The van der Waals surface area contributed by atoms with Gasteiger partial charge in [-0.25, -0.2) is 4.79 Å². The highest BCUT2D eigenvalue weighted by Gasteiger charge is 2.35. The fourth-order valence-electron chi connectivity index (χ4n) is 3.45. The fourth-order valence-corrected chi connectivity index (χ4v) is 4.18. The molecule has 0 radical (unpaired) electrons. The Morgan fingerprint density at radius 3 is 2.55 bits per heavy atom. The summed E-state index contributed by atoms with van der Waals surface area (Å²) < 4.78 is 5.41. The van der Waals surface area contributed by atoms with E-state index in [1.807, 2.05) is 66.0 Å². The molecule has 148 valence electrons. The van der Waals surface area contributed by atoms with E-state index in [-0.39, 0.29) is 12.5 Å². The summed E-state index contributed by atoms with van der Waals surface area (Å²) in [6.07, 6.45) is 0.981. The van der Waals surface area contributed by atoms with Crippen LogP contribution in [0.2, 0.25) is 0 Å². The SMILES string of the molecule is O=C(Nc1ccc(-c2cccs2)cc1)C1CCCN1C(=O)OCc1ccccc1. The number of anilines is 1. The first-order valence-electron chi connectivity index (χ1n) is 9.63. The Morgan fingerprint density at radius 2 is 1.83 bits per heavy atom. The number of amides is 2. The molecule has 1 fully saturated rings. The molecule has 2 heterocycles. The van der Waals surface area contributed by atoms with Gasteiger partial charge < -0.3 is 10.1 Å². The minimum Gasteiger partial charge on any atom is -0.445 e. The molecule has 2 amide bonds. The highest BCUT2D eigenvalue weighted by Crippen LogP contribution is 2.26. The van der Waals surface area contributed by atoms with E-state index >= 15 is 0 Å². The lowest BCUT2D eigenvalue weighted by atomic mass is 10.1. The number of rotatable bonds is 5. The number of nitrogens with one attached hydrogen (secondary N) is 1. The number of nitrogens with zero attached hydrogens (tertiary/aromatic N) is 1. The maximum absolute atomic E-state index is 12.8. The molecule has 29 heavy (non-hydrogen) atoms. The van der Waals surface area contributed by atoms with E-state index < -0.39 is 12.1 Å². The number of hydrogen-bond donors (Lipinski definition) is 1. The van der Waals surface area contributed by atoms with Crippen LogP contribution in [0.25, 0.3) is 10.4 Å². The molecule has 0 aliphatic carbocycles. The predicted molar refractivity (Wildman–Crippen MR) is 115 cm³/mol. The number of carbonyl (C=O) groups excluding carboxylic acids is 2. The van der Waals surface area contributed by atoms with Gasteiger partial charge in [-0.2, -0.15) is 0 Å². The van der Waals surface area contributed by atoms with Crippen molar-refractivity contribution in [3.63, 3.8) is 0 Å². The monoisotopic (exact) mass is 406 g/mol. The molecular weight excluding hydrogens is 384 g/mol. The molecule has 1 unspecified atom stereocenters. The summed E-state index contributed by atoms with van der Waals surface area (Å²) in [5, 5.41) is 4.97. The Kier molecular flexibility index (Phi) is 5.91. The van der Waals surface area contributed by atoms with Crippen molar-refractivity contribution < 1.29 is 14.3 Å². The number of carbonyl (C=O) groups is 2. The van der Waals surface area contributed by atoms with E-state index in [2.05, 4.69) is 11.4 Å². The highest BCUT2D eigenvalue weighted by molar-refractivity contribution is 7.13. The maximum Gasteiger partial charge on any atom is 0.410 e. The zero-order valence-corrected chi connectivity index (χ0v) is 16.7. The van der Waals surface area contributed by atoms with Crippen molar-refractivity contribution >= 4 is 29.0 Å². The van der Waals surface area contributed by atoms with E-state index in [0.29, 0.717) is 13.0 Å². The largest absolute Gasteiger partial charge is 0.445 e. The number of hydrogen-bond acceptors (Lipinski definition) is 4. The Bertz CT molecular complexity index is 956. The van der Waals surface area contributed by atoms with Crippen LogP contribution in [0.4, 0.5) is 10.5 Å². The molecule has 1 saturated heterocycles. The molecule has 1 aromatic heterocycles. The number of likely N-dealkylation sites (tertiary alicyclic amines) is 1. The topological polar surface area (TPSA) is 58.6 Å². The van der Waals surface area contributed by atoms with Crippen molar-refractivity contribution in [3.05, 3.63) is 77.7 Å². The Morgan fingerprint density at radius 1 is 1.03 bits per heavy atom. The average molecular weight is 407 g/mol. The van der Waals surface area contributed by atoms with Crippen molar-refractivity contribution in [1.82, 2.24) is 4.90 Å². The summed E-state index contributed by atoms with van der Waals surface area (Å²) in [4.78, 5) is 28.0. The van der Waals surface area contributed by atoms with E-state index in [1.54, 1.807) is 11.3 Å². The molecule has 0 saturated carbocycles. The van der Waals surface area contributed by atoms with Gasteiger partial charge >= 0.3 is 6.09 Å². The molecule has 2 aromatic carbocycles. The molecule has 4 rings (SSSR count). The van der Waals surface area contributed by atoms with Crippen LogP contribution in [-0.2, 0) is 16.1 Å². The quantitative estimate of drug-likeness (QED) is 0.637. The first-order valence-corrected chi connectivity index (χ1v) is 10.5. The van der Waals surface area contributed by atoms with Crippen LogP contribution in [0.1, 0.15) is 18.4 Å². The van der Waals surface area contributed by atoms with Crippen LogP contribution in [0.3, 0.4) is 0 Å². The fraction of sp³-hybridized carbons (Fsp3) is 0.217. The number of ether oxygens (including phenoxy) is 1. The van der Waals surface area contributed by atoms with Gasteiger partial charge in [-0.1, -0.05) is 48.5 Å². The van der Waals surface area contributed by atoms with Crippen molar-refractivity contribution in [3.8, 4) is 10.4 Å². The van der Waals surface area contributed by atoms with Gasteiger partial charge in [0.25, 0.3) is 0 Å². The third-order valence-electron chi connectivity index (χ3n) is 4.95. The molecular formula is C23H22N2O3S. The summed E-state index contributed by atoms with van der Waals surface area (Å²) in [7, 11) is 0. The lowest BCUT2D eigenvalue weighted by molar-refractivity contribution is -0.120. The molecule has 0 spiro atoms. The van der Waals surface area contributed by atoms with Crippen LogP contribution >= 0.6 is 11.3 Å². The van der Waals surface area contributed by atoms with E-state index in [9.17, 15) is 9.59 Å². The van der Waals surface area contributed by atoms with Crippen molar-refractivity contribution in [2.45, 2.75) is 25.5 Å². The molecule has 1 aliphatic heterocycles. The summed E-state index contributed by atoms with van der Waals surface area (Å²) in [5.41, 5.74) is 2.76. The van der Waals surface area contributed by atoms with Crippen LogP contribution in [0, 0.1) is 0 Å². The smallest absolute Gasteiger partial charge is 0.410 e. The van der Waals surface area contributed by atoms with Crippen molar-refractivity contribution in [1.29, 1.82) is 0 Å². The lowest BCUT2D eigenvalue weighted by Crippen LogP contribution is -2.43. The molecule has 0 bridgehead atoms. The zero-order valence-electron chi connectivity index (χ0n) is 15.9. The minimum absolute atomic E-state index is 0.178. The van der Waals surface area contributed by atoms with Crippen LogP contribution in [0.15, 0.2) is 72.1 Å². The molecule has 5 nitrogen and oxygen atoms in total. The standard InChI is InChI=1S/C23H22N2O3S/c26-22(24-19-12-10-18(11-13-19)21-9-5-15-29-21)20-8-4-14-25(20)23(27)28-16-17-6-2-1-3-7-17/h1-3,5-7,9-13,15,20H,4,8,14,16H2,(H,24,26). The summed E-state index contributed by atoms with van der Waals surface area (Å²) >= 11 is 1.68. The molecule has 1 atom stereocenters. The van der Waals surface area contributed by atoms with Gasteiger partial charge in [0.2, 0.25) is 5.91 Å². The molecule has 6 heteroatoms. The second-order valence-electron chi connectivity index (χ2n) is 6.94. The van der Waals surface area contributed by atoms with Gasteiger partial charge in [0.1, 0.15) is 12.6 Å². The normalized spacial score (nSPS) is 15.9. The van der Waals surface area contributed by atoms with Gasteiger partial charge in [-0.15, -0.1) is 11.3 Å². The third kappa shape index (κ3) is 4.66. The Hall–Kier alpha value is -3.12. The van der Waals surface area contributed by atoms with E-state index in [0.717, 1.165) is 23.2 Å². The maximum atomic E-state index is 12.8. The lowest BCUT2D eigenvalue weighted by Gasteiger charge is -2.23. The Balaban J connectivity index is 1.35. The third-order valence-corrected chi connectivity index (χ3v) is 5.87. The van der Waals surface area contributed by atoms with Crippen LogP contribution in [0.5, 0.6) is 0 Å². The van der Waals surface area contributed by atoms with Gasteiger partial charge in [-0.3, -0.25) is 9.69 Å². The number of thiophene rings is 1. The second kappa shape index (κ2) is 8.92. The van der Waals surface area contributed by atoms with Crippen molar-refractivity contribution in [2.24, 2.45) is 0 Å². The first kappa shape index (κ1) is 19.2. The Labute approximate surface area is 173 Å². The van der Waals surface area contributed by atoms with Gasteiger partial charge in [0.15, 0.2) is 0 Å². The van der Waals surface area contributed by atoms with E-state index in [4.69, 9.17) is 4.74 Å².